The van der Waals surface area contributed by atoms with Gasteiger partial charge in [-0.25, -0.2) is 4.79 Å². The number of carbonyl (C=O) groups excluding carboxylic acids is 2. The third kappa shape index (κ3) is 6.82. The first-order valence-electron chi connectivity index (χ1n) is 10.7. The Labute approximate surface area is 187 Å². The summed E-state index contributed by atoms with van der Waals surface area (Å²) in [6.07, 6.45) is -0.527. The molecule has 1 saturated heterocycles. The zero-order valence-corrected chi connectivity index (χ0v) is 21.0. The molecule has 0 saturated carbocycles. The lowest BCUT2D eigenvalue weighted by Crippen LogP contribution is -2.41. The minimum atomic E-state index is -1.28. The van der Waals surface area contributed by atoms with Gasteiger partial charge in [0.15, 0.2) is 0 Å². The highest BCUT2D eigenvalue weighted by molar-refractivity contribution is 6.76. The fourth-order valence-corrected chi connectivity index (χ4v) is 3.74. The number of rotatable bonds is 8. The van der Waals surface area contributed by atoms with E-state index in [0.29, 0.717) is 6.61 Å². The Morgan fingerprint density at radius 2 is 1.61 bits per heavy atom. The lowest BCUT2D eigenvalue weighted by atomic mass is 9.78. The van der Waals surface area contributed by atoms with E-state index in [1.807, 2.05) is 52.0 Å². The molecule has 0 spiro atoms. The van der Waals surface area contributed by atoms with Gasteiger partial charge in [-0.2, -0.15) is 0 Å². The van der Waals surface area contributed by atoms with Gasteiger partial charge < -0.3 is 24.1 Å². The summed E-state index contributed by atoms with van der Waals surface area (Å²) >= 11 is 0. The Balaban J connectivity index is 2.01. The molecule has 0 bridgehead atoms. The smallest absolute Gasteiger partial charge is 0.468 e. The molecule has 1 heterocycles. The Morgan fingerprint density at radius 1 is 1.06 bits per heavy atom. The Morgan fingerprint density at radius 3 is 2.10 bits per heavy atom. The zero-order valence-electron chi connectivity index (χ0n) is 20.0. The SMILES string of the molecule is COC(=O)C(CNC(=O)OCC[Si](C)(C)C)c1ccc(B2OC(C)(C)C(C)(C)O2)cc1. The minimum Gasteiger partial charge on any atom is -0.468 e. The molecule has 31 heavy (non-hydrogen) atoms. The zero-order chi connectivity index (χ0) is 23.4. The van der Waals surface area contributed by atoms with Crippen molar-refractivity contribution in [2.45, 2.75) is 70.5 Å². The van der Waals surface area contributed by atoms with E-state index >= 15 is 0 Å². The van der Waals surface area contributed by atoms with Gasteiger partial charge in [-0.3, -0.25) is 4.79 Å². The molecule has 9 heteroatoms. The van der Waals surface area contributed by atoms with Crippen LogP contribution < -0.4 is 10.8 Å². The average molecular weight is 449 g/mol. The maximum absolute atomic E-state index is 12.3. The summed E-state index contributed by atoms with van der Waals surface area (Å²) in [6.45, 7) is 15.1. The number of hydrogen-bond donors (Lipinski definition) is 1. The number of esters is 1. The number of methoxy groups -OCH3 is 1. The highest BCUT2D eigenvalue weighted by Crippen LogP contribution is 2.36. The van der Waals surface area contributed by atoms with Crippen molar-refractivity contribution in [3.8, 4) is 0 Å². The summed E-state index contributed by atoms with van der Waals surface area (Å²) in [6, 6.07) is 8.31. The molecule has 1 N–H and O–H groups in total. The summed E-state index contributed by atoms with van der Waals surface area (Å²) in [7, 11) is -0.423. The highest BCUT2D eigenvalue weighted by atomic mass is 28.3. The molecule has 0 radical (unpaired) electrons. The Bertz CT molecular complexity index is 759. The molecule has 1 amide bonds. The van der Waals surface area contributed by atoms with Crippen LogP contribution in [-0.4, -0.2) is 58.7 Å². The standard InChI is InChI=1S/C22H36BNO6Si/c1-21(2)22(3,4)30-23(29-21)17-11-9-16(10-12-17)18(19(25)27-5)15-24-20(26)28-13-14-31(6,7)8/h9-12,18H,13-15H2,1-8H3,(H,24,26). The second-order valence-corrected chi connectivity index (χ2v) is 15.8. The van der Waals surface area contributed by atoms with Gasteiger partial charge in [-0.1, -0.05) is 43.9 Å². The van der Waals surface area contributed by atoms with Gasteiger partial charge in [0.05, 0.1) is 30.8 Å². The second-order valence-electron chi connectivity index (χ2n) is 10.2. The van der Waals surface area contributed by atoms with Crippen molar-refractivity contribution >= 4 is 32.7 Å². The molecule has 0 aliphatic carbocycles. The van der Waals surface area contributed by atoms with Crippen LogP contribution in [0.1, 0.15) is 39.2 Å². The van der Waals surface area contributed by atoms with Crippen molar-refractivity contribution in [2.75, 3.05) is 20.3 Å². The second kappa shape index (κ2) is 9.75. The van der Waals surface area contributed by atoms with Crippen LogP contribution in [0.4, 0.5) is 4.79 Å². The van der Waals surface area contributed by atoms with Gasteiger partial charge in [0.25, 0.3) is 0 Å². The summed E-state index contributed by atoms with van der Waals surface area (Å²) in [5, 5.41) is 2.68. The van der Waals surface area contributed by atoms with Crippen molar-refractivity contribution in [3.63, 3.8) is 0 Å². The topological polar surface area (TPSA) is 83.1 Å². The third-order valence-electron chi connectivity index (χ3n) is 5.89. The molecule has 1 unspecified atom stereocenters. The highest BCUT2D eigenvalue weighted by Gasteiger charge is 2.51. The molecule has 1 aliphatic heterocycles. The third-order valence-corrected chi connectivity index (χ3v) is 7.59. The van der Waals surface area contributed by atoms with Crippen molar-refractivity contribution in [3.05, 3.63) is 29.8 Å². The van der Waals surface area contributed by atoms with Gasteiger partial charge in [-0.05, 0) is 44.8 Å². The maximum Gasteiger partial charge on any atom is 0.494 e. The monoisotopic (exact) mass is 449 g/mol. The molecule has 172 valence electrons. The van der Waals surface area contributed by atoms with Gasteiger partial charge in [0, 0.05) is 14.6 Å². The van der Waals surface area contributed by atoms with Crippen LogP contribution in [0.2, 0.25) is 25.7 Å². The number of nitrogens with one attached hydrogen (secondary N) is 1. The summed E-state index contributed by atoms with van der Waals surface area (Å²) in [4.78, 5) is 24.3. The van der Waals surface area contributed by atoms with Crippen LogP contribution in [0.25, 0.3) is 0 Å². The van der Waals surface area contributed by atoms with E-state index in [9.17, 15) is 9.59 Å². The quantitative estimate of drug-likeness (QED) is 0.484. The predicted molar refractivity (Wildman–Crippen MR) is 124 cm³/mol. The summed E-state index contributed by atoms with van der Waals surface area (Å²) in [5.41, 5.74) is 0.745. The predicted octanol–water partition coefficient (Wildman–Crippen LogP) is 3.31. The van der Waals surface area contributed by atoms with E-state index in [1.54, 1.807) is 0 Å². The number of ether oxygens (including phenoxy) is 2. The number of amides is 1. The molecular weight excluding hydrogens is 413 g/mol. The number of carbonyl (C=O) groups is 2. The van der Waals surface area contributed by atoms with E-state index in [1.165, 1.54) is 7.11 Å². The first-order valence-corrected chi connectivity index (χ1v) is 14.4. The fraction of sp³-hybridized carbons (Fsp3) is 0.636. The van der Waals surface area contributed by atoms with Crippen LogP contribution in [0.3, 0.4) is 0 Å². The molecule has 2 rings (SSSR count). The molecule has 7 nitrogen and oxygen atoms in total. The van der Waals surface area contributed by atoms with E-state index < -0.39 is 44.4 Å². The largest absolute Gasteiger partial charge is 0.494 e. The summed E-state index contributed by atoms with van der Waals surface area (Å²) in [5.74, 6) is -1.06. The molecular formula is C22H36BNO6Si. The first-order chi connectivity index (χ1) is 14.3. The molecule has 0 aromatic heterocycles. The van der Waals surface area contributed by atoms with Crippen molar-refractivity contribution in [2.24, 2.45) is 0 Å². The van der Waals surface area contributed by atoms with E-state index in [-0.39, 0.29) is 6.54 Å². The Kier molecular flexibility index (Phi) is 8.00. The van der Waals surface area contributed by atoms with Crippen LogP contribution >= 0.6 is 0 Å². The molecule has 1 atom stereocenters. The number of alkyl carbamates (subject to hydrolysis) is 1. The van der Waals surface area contributed by atoms with Crippen molar-refractivity contribution < 1.29 is 28.4 Å². The van der Waals surface area contributed by atoms with Gasteiger partial charge in [0.1, 0.15) is 0 Å². The lowest BCUT2D eigenvalue weighted by molar-refractivity contribution is -0.142. The van der Waals surface area contributed by atoms with Crippen LogP contribution in [0.15, 0.2) is 24.3 Å². The fourth-order valence-electron chi connectivity index (χ4n) is 3.03. The van der Waals surface area contributed by atoms with Crippen molar-refractivity contribution in [1.29, 1.82) is 0 Å². The van der Waals surface area contributed by atoms with E-state index in [4.69, 9.17) is 18.8 Å². The van der Waals surface area contributed by atoms with E-state index in [2.05, 4.69) is 25.0 Å². The first kappa shape index (κ1) is 25.4. The van der Waals surface area contributed by atoms with Gasteiger partial charge >= 0.3 is 19.2 Å². The average Bonchev–Trinajstić information content (AvgIpc) is 2.88. The van der Waals surface area contributed by atoms with E-state index in [0.717, 1.165) is 17.1 Å². The van der Waals surface area contributed by atoms with Crippen LogP contribution in [-0.2, 0) is 23.6 Å². The maximum atomic E-state index is 12.3. The normalized spacial score (nSPS) is 18.4. The molecule has 1 aliphatic rings. The van der Waals surface area contributed by atoms with Crippen molar-refractivity contribution in [1.82, 2.24) is 5.32 Å². The number of hydrogen-bond acceptors (Lipinski definition) is 6. The summed E-state index contributed by atoms with van der Waals surface area (Å²) < 4.78 is 22.3. The lowest BCUT2D eigenvalue weighted by Gasteiger charge is -2.32. The minimum absolute atomic E-state index is 0.0916. The molecule has 1 fully saturated rings. The molecule has 1 aromatic rings. The Hall–Kier alpha value is -1.84. The van der Waals surface area contributed by atoms with Gasteiger partial charge in [0.2, 0.25) is 0 Å². The van der Waals surface area contributed by atoms with Crippen LogP contribution in [0.5, 0.6) is 0 Å². The number of benzene rings is 1. The molecule has 1 aromatic carbocycles. The van der Waals surface area contributed by atoms with Crippen LogP contribution in [0, 0.1) is 0 Å². The van der Waals surface area contributed by atoms with Gasteiger partial charge in [-0.15, -0.1) is 0 Å².